The number of nitrogens with one attached hydrogen (secondary N) is 1. The Bertz CT molecular complexity index is 1220. The van der Waals surface area contributed by atoms with E-state index in [2.05, 4.69) is 19.2 Å². The fraction of sp³-hybridized carbons (Fsp3) is 0.985. The van der Waals surface area contributed by atoms with E-state index in [1.165, 1.54) is 315 Å². The average Bonchev–Trinajstić information content (AvgIpc) is 3.39. The third-order valence-electron chi connectivity index (χ3n) is 16.6. The van der Waals surface area contributed by atoms with E-state index >= 15 is 0 Å². The van der Waals surface area contributed by atoms with Crippen molar-refractivity contribution in [2.45, 2.75) is 392 Å². The molecule has 77 heavy (non-hydrogen) atoms. The summed E-state index contributed by atoms with van der Waals surface area (Å²) in [5.41, 5.74) is 0. The number of quaternary nitrogens is 1. The van der Waals surface area contributed by atoms with Gasteiger partial charge in [0.2, 0.25) is 5.91 Å². The van der Waals surface area contributed by atoms with Crippen molar-refractivity contribution in [2.75, 3.05) is 40.9 Å². The van der Waals surface area contributed by atoms with Crippen LogP contribution in [0.3, 0.4) is 0 Å². The number of amides is 1. The first kappa shape index (κ1) is 76.5. The number of aliphatic hydroxyl groups is 1. The molecule has 0 aromatic heterocycles. The maximum absolute atomic E-state index is 13.1. The Balaban J connectivity index is 3.98. The number of carbonyl (C=O) groups is 1. The lowest BCUT2D eigenvalue weighted by atomic mass is 10.0. The van der Waals surface area contributed by atoms with Crippen molar-refractivity contribution < 1.29 is 32.9 Å². The Kier molecular flexibility index (Phi) is 59.7. The third-order valence-corrected chi connectivity index (χ3v) is 17.6. The van der Waals surface area contributed by atoms with E-state index in [1.807, 2.05) is 21.1 Å². The first-order valence-electron chi connectivity index (χ1n) is 34.9. The van der Waals surface area contributed by atoms with E-state index in [-0.39, 0.29) is 19.1 Å². The minimum Gasteiger partial charge on any atom is -0.756 e. The van der Waals surface area contributed by atoms with Crippen LogP contribution in [0, 0.1) is 0 Å². The molecule has 3 unspecified atom stereocenters. The van der Waals surface area contributed by atoms with Crippen LogP contribution in [0.15, 0.2) is 0 Å². The van der Waals surface area contributed by atoms with Crippen LogP contribution in [-0.4, -0.2) is 68.5 Å². The van der Waals surface area contributed by atoms with Crippen molar-refractivity contribution in [3.05, 3.63) is 0 Å². The van der Waals surface area contributed by atoms with E-state index < -0.39 is 20.0 Å². The molecule has 3 atom stereocenters. The first-order valence-corrected chi connectivity index (χ1v) is 36.3. The monoisotopic (exact) mass is 1110 g/mol. The first-order chi connectivity index (χ1) is 37.5. The number of phosphoric ester groups is 1. The molecule has 0 fully saturated rings. The zero-order valence-electron chi connectivity index (χ0n) is 53.0. The van der Waals surface area contributed by atoms with Gasteiger partial charge in [-0.25, -0.2) is 0 Å². The molecule has 0 heterocycles. The molecule has 462 valence electrons. The summed E-state index contributed by atoms with van der Waals surface area (Å²) in [6.45, 7) is 4.80. The standard InChI is InChI=1S/C68H139N2O6P/c1-6-8-10-12-14-16-18-20-22-24-26-28-30-32-33-34-35-36-38-40-42-44-46-48-50-52-54-56-58-60-62-68(72)69-66(65-76-77(73,74)75-64-63-70(3,4)5)67(71)61-59-57-55-53-51-49-47-45-43-41-39-37-31-29-27-25-23-21-19-17-15-13-11-9-7-2/h66-67,71H,6-65H2,1-5H3,(H-,69,72,73,74). The fourth-order valence-corrected chi connectivity index (χ4v) is 11.9. The lowest BCUT2D eigenvalue weighted by Crippen LogP contribution is -2.46. The summed E-state index contributed by atoms with van der Waals surface area (Å²) in [5.74, 6) is -0.153. The molecule has 0 aliphatic rings. The SMILES string of the molecule is CCCCCCCCCCCCCCCCCCCCCCCCCCCCCCCCC(=O)NC(COP(=O)([O-])OCC[N+](C)(C)C)C(O)CCCCCCCCCCCCCCCCCCCCCCCCCCC. The van der Waals surface area contributed by atoms with Crippen molar-refractivity contribution in [3.8, 4) is 0 Å². The Morgan fingerprint density at radius 3 is 0.883 bits per heavy atom. The number of carbonyl (C=O) groups excluding carboxylic acids is 1. The molecule has 0 aromatic rings. The number of hydrogen-bond donors (Lipinski definition) is 2. The number of likely N-dealkylation sites (N-methyl/N-ethyl adjacent to an activating group) is 1. The summed E-state index contributed by atoms with van der Waals surface area (Å²) >= 11 is 0. The zero-order valence-corrected chi connectivity index (χ0v) is 53.9. The number of hydrogen-bond acceptors (Lipinski definition) is 6. The molecule has 0 aliphatic heterocycles. The molecule has 0 saturated carbocycles. The molecular formula is C68H139N2O6P. The number of aliphatic hydroxyl groups excluding tert-OH is 1. The molecule has 9 heteroatoms. The predicted molar refractivity (Wildman–Crippen MR) is 335 cm³/mol. The van der Waals surface area contributed by atoms with Gasteiger partial charge in [0.15, 0.2) is 0 Å². The van der Waals surface area contributed by atoms with Crippen molar-refractivity contribution in [3.63, 3.8) is 0 Å². The third kappa shape index (κ3) is 62.9. The summed E-state index contributed by atoms with van der Waals surface area (Å²) < 4.78 is 23.5. The van der Waals surface area contributed by atoms with E-state index in [9.17, 15) is 19.4 Å². The minimum absolute atomic E-state index is 0.0170. The molecule has 2 N–H and O–H groups in total. The van der Waals surface area contributed by atoms with Crippen LogP contribution in [0.25, 0.3) is 0 Å². The van der Waals surface area contributed by atoms with E-state index in [1.54, 1.807) is 0 Å². The molecule has 0 spiro atoms. The Labute approximate surface area is 482 Å². The Morgan fingerprint density at radius 2 is 0.636 bits per heavy atom. The highest BCUT2D eigenvalue weighted by Crippen LogP contribution is 2.38. The number of phosphoric acid groups is 1. The van der Waals surface area contributed by atoms with Crippen LogP contribution >= 0.6 is 7.82 Å². The van der Waals surface area contributed by atoms with Gasteiger partial charge in [-0.15, -0.1) is 0 Å². The highest BCUT2D eigenvalue weighted by atomic mass is 31.2. The van der Waals surface area contributed by atoms with E-state index in [4.69, 9.17) is 9.05 Å². The van der Waals surface area contributed by atoms with Gasteiger partial charge in [-0.05, 0) is 12.8 Å². The van der Waals surface area contributed by atoms with Crippen LogP contribution in [-0.2, 0) is 18.4 Å². The summed E-state index contributed by atoms with van der Waals surface area (Å²) in [7, 11) is 1.33. The molecule has 0 aromatic carbocycles. The summed E-state index contributed by atoms with van der Waals surface area (Å²) in [6.07, 6.45) is 74.7. The predicted octanol–water partition coefficient (Wildman–Crippen LogP) is 21.3. The second kappa shape index (κ2) is 60.1. The highest BCUT2D eigenvalue weighted by Gasteiger charge is 2.24. The van der Waals surface area contributed by atoms with Gasteiger partial charge in [-0.3, -0.25) is 9.36 Å². The maximum atomic E-state index is 13.1. The highest BCUT2D eigenvalue weighted by molar-refractivity contribution is 7.45. The van der Waals surface area contributed by atoms with Crippen molar-refractivity contribution >= 4 is 13.7 Å². The zero-order chi connectivity index (χ0) is 56.3. The van der Waals surface area contributed by atoms with Crippen LogP contribution in [0.4, 0.5) is 0 Å². The summed E-state index contributed by atoms with van der Waals surface area (Å²) in [4.78, 5) is 25.7. The maximum Gasteiger partial charge on any atom is 0.268 e. The van der Waals surface area contributed by atoms with Gasteiger partial charge in [0.05, 0.1) is 39.9 Å². The second-order valence-electron chi connectivity index (χ2n) is 25.6. The lowest BCUT2D eigenvalue weighted by Gasteiger charge is -2.30. The van der Waals surface area contributed by atoms with Gasteiger partial charge in [-0.2, -0.15) is 0 Å². The number of rotatable bonds is 66. The van der Waals surface area contributed by atoms with E-state index in [0.717, 1.165) is 38.5 Å². The topological polar surface area (TPSA) is 108 Å². The second-order valence-corrected chi connectivity index (χ2v) is 27.0. The van der Waals surface area contributed by atoms with Gasteiger partial charge in [0, 0.05) is 6.42 Å². The van der Waals surface area contributed by atoms with Gasteiger partial charge < -0.3 is 28.8 Å². The molecular weight excluding hydrogens is 972 g/mol. The molecule has 0 aliphatic carbocycles. The Hall–Kier alpha value is -0.500. The van der Waals surface area contributed by atoms with Crippen LogP contribution in [0.1, 0.15) is 380 Å². The quantitative estimate of drug-likeness (QED) is 0.0357. The average molecular weight is 1110 g/mol. The summed E-state index contributed by atoms with van der Waals surface area (Å²) in [6, 6.07) is -0.797. The van der Waals surface area contributed by atoms with Crippen LogP contribution in [0.5, 0.6) is 0 Å². The van der Waals surface area contributed by atoms with Gasteiger partial charge in [0.25, 0.3) is 7.82 Å². The largest absolute Gasteiger partial charge is 0.756 e. The van der Waals surface area contributed by atoms with Gasteiger partial charge in [-0.1, -0.05) is 361 Å². The number of nitrogens with zero attached hydrogens (tertiary/aromatic N) is 1. The molecule has 0 bridgehead atoms. The smallest absolute Gasteiger partial charge is 0.268 e. The minimum atomic E-state index is -4.57. The van der Waals surface area contributed by atoms with Crippen molar-refractivity contribution in [1.82, 2.24) is 5.32 Å². The lowest BCUT2D eigenvalue weighted by molar-refractivity contribution is -0.870. The van der Waals surface area contributed by atoms with Crippen molar-refractivity contribution in [2.24, 2.45) is 0 Å². The molecule has 8 nitrogen and oxygen atoms in total. The fourth-order valence-electron chi connectivity index (χ4n) is 11.2. The van der Waals surface area contributed by atoms with Crippen LogP contribution < -0.4 is 10.2 Å². The summed E-state index contributed by atoms with van der Waals surface area (Å²) in [5, 5.41) is 14.1. The molecule has 0 saturated heterocycles. The number of unbranched alkanes of at least 4 members (excludes halogenated alkanes) is 53. The molecule has 1 amide bonds. The Morgan fingerprint density at radius 1 is 0.403 bits per heavy atom. The molecule has 0 radical (unpaired) electrons. The molecule has 0 rings (SSSR count). The van der Waals surface area contributed by atoms with Crippen LogP contribution in [0.2, 0.25) is 0 Å². The van der Waals surface area contributed by atoms with Gasteiger partial charge in [0.1, 0.15) is 13.2 Å². The van der Waals surface area contributed by atoms with E-state index in [0.29, 0.717) is 23.9 Å². The van der Waals surface area contributed by atoms with Gasteiger partial charge >= 0.3 is 0 Å². The van der Waals surface area contributed by atoms with Crippen molar-refractivity contribution in [1.29, 1.82) is 0 Å². The normalized spacial score (nSPS) is 13.6.